The van der Waals surface area contributed by atoms with Crippen LogP contribution in [0, 0.1) is 5.82 Å². The largest absolute Gasteiger partial charge is 0.459 e. The second kappa shape index (κ2) is 9.36. The molecule has 2 rings (SSSR count). The molecular weight excluding hydrogens is 343 g/mol. The highest BCUT2D eigenvalue weighted by Gasteiger charge is 2.16. The number of anilines is 1. The minimum absolute atomic E-state index is 0.0576. The highest BCUT2D eigenvalue weighted by molar-refractivity contribution is 5.95. The average Bonchev–Trinajstić information content (AvgIpc) is 3.17. The van der Waals surface area contributed by atoms with E-state index in [-0.39, 0.29) is 18.7 Å². The molecule has 0 radical (unpaired) electrons. The third-order valence-corrected chi connectivity index (χ3v) is 3.47. The molecular formula is C18H19FN2O5. The number of halogens is 1. The fourth-order valence-corrected chi connectivity index (χ4v) is 2.19. The van der Waals surface area contributed by atoms with E-state index in [1.54, 1.807) is 13.0 Å². The van der Waals surface area contributed by atoms with E-state index in [0.29, 0.717) is 12.2 Å². The van der Waals surface area contributed by atoms with Gasteiger partial charge < -0.3 is 19.4 Å². The van der Waals surface area contributed by atoms with E-state index >= 15 is 0 Å². The third kappa shape index (κ3) is 5.44. The predicted molar refractivity (Wildman–Crippen MR) is 91.0 cm³/mol. The number of benzene rings is 1. The minimum atomic E-state index is -0.617. The van der Waals surface area contributed by atoms with Gasteiger partial charge in [-0.05, 0) is 43.3 Å². The summed E-state index contributed by atoms with van der Waals surface area (Å²) >= 11 is 0. The standard InChI is InChI=1S/C18H19FN2O5/c1-2-21(14-7-5-13(19)6-8-14)16(22)12-26-17(23)9-10-20-18(24)15-4-3-11-25-15/h3-8,11H,2,9-10,12H2,1H3,(H,20,24). The van der Waals surface area contributed by atoms with E-state index in [1.165, 1.54) is 41.5 Å². The number of nitrogens with zero attached hydrogens (tertiary/aromatic N) is 1. The van der Waals surface area contributed by atoms with Crippen molar-refractivity contribution in [2.75, 3.05) is 24.6 Å². The number of carbonyl (C=O) groups excluding carboxylic acids is 3. The van der Waals surface area contributed by atoms with E-state index in [0.717, 1.165) is 0 Å². The summed E-state index contributed by atoms with van der Waals surface area (Å²) in [5, 5.41) is 2.50. The number of furan rings is 1. The Bertz CT molecular complexity index is 743. The predicted octanol–water partition coefficient (Wildman–Crippen LogP) is 2.13. The smallest absolute Gasteiger partial charge is 0.308 e. The lowest BCUT2D eigenvalue weighted by Gasteiger charge is -2.20. The normalized spacial score (nSPS) is 10.2. The Kier molecular flexibility index (Phi) is 6.90. The van der Waals surface area contributed by atoms with Crippen molar-refractivity contribution in [1.82, 2.24) is 5.32 Å². The highest BCUT2D eigenvalue weighted by Crippen LogP contribution is 2.14. The fraction of sp³-hybridized carbons (Fsp3) is 0.278. The van der Waals surface area contributed by atoms with Crippen molar-refractivity contribution in [3.63, 3.8) is 0 Å². The van der Waals surface area contributed by atoms with Gasteiger partial charge in [-0.25, -0.2) is 4.39 Å². The van der Waals surface area contributed by atoms with Crippen molar-refractivity contribution in [3.05, 3.63) is 54.2 Å². The molecule has 0 bridgehead atoms. The average molecular weight is 362 g/mol. The van der Waals surface area contributed by atoms with E-state index in [1.807, 2.05) is 0 Å². The van der Waals surface area contributed by atoms with Crippen LogP contribution in [0.25, 0.3) is 0 Å². The zero-order valence-corrected chi connectivity index (χ0v) is 14.2. The summed E-state index contributed by atoms with van der Waals surface area (Å²) in [6, 6.07) is 8.53. The molecule has 0 aliphatic rings. The Morgan fingerprint density at radius 2 is 1.92 bits per heavy atom. The van der Waals surface area contributed by atoms with E-state index in [9.17, 15) is 18.8 Å². The summed E-state index contributed by atoms with van der Waals surface area (Å²) in [4.78, 5) is 36.9. The van der Waals surface area contributed by atoms with Gasteiger partial charge in [-0.2, -0.15) is 0 Å². The van der Waals surface area contributed by atoms with Gasteiger partial charge in [0.2, 0.25) is 0 Å². The molecule has 2 amide bonds. The fourth-order valence-electron chi connectivity index (χ4n) is 2.19. The van der Waals surface area contributed by atoms with Gasteiger partial charge in [0.05, 0.1) is 12.7 Å². The van der Waals surface area contributed by atoms with Crippen LogP contribution in [0.5, 0.6) is 0 Å². The van der Waals surface area contributed by atoms with Gasteiger partial charge in [0.1, 0.15) is 5.82 Å². The number of carbonyl (C=O) groups is 3. The summed E-state index contributed by atoms with van der Waals surface area (Å²) in [7, 11) is 0. The molecule has 26 heavy (non-hydrogen) atoms. The van der Waals surface area contributed by atoms with E-state index < -0.39 is 30.2 Å². The lowest BCUT2D eigenvalue weighted by Crippen LogP contribution is -2.35. The molecule has 8 heteroatoms. The minimum Gasteiger partial charge on any atom is -0.459 e. The van der Waals surface area contributed by atoms with Gasteiger partial charge in [-0.3, -0.25) is 14.4 Å². The second-order valence-corrected chi connectivity index (χ2v) is 5.26. The first kappa shape index (κ1) is 19.2. The van der Waals surface area contributed by atoms with Gasteiger partial charge in [0.15, 0.2) is 12.4 Å². The second-order valence-electron chi connectivity index (χ2n) is 5.26. The number of nitrogens with one attached hydrogen (secondary N) is 1. The highest BCUT2D eigenvalue weighted by atomic mass is 19.1. The summed E-state index contributed by atoms with van der Waals surface area (Å²) in [6.45, 7) is 1.73. The summed E-state index contributed by atoms with van der Waals surface area (Å²) < 4.78 is 22.8. The lowest BCUT2D eigenvalue weighted by atomic mass is 10.2. The Hall–Kier alpha value is -3.16. The van der Waals surface area contributed by atoms with Gasteiger partial charge in [-0.1, -0.05) is 0 Å². The number of hydrogen-bond acceptors (Lipinski definition) is 5. The van der Waals surface area contributed by atoms with Gasteiger partial charge >= 0.3 is 5.97 Å². The number of amides is 2. The third-order valence-electron chi connectivity index (χ3n) is 3.47. The first-order valence-electron chi connectivity index (χ1n) is 8.04. The van der Waals surface area contributed by atoms with Crippen LogP contribution < -0.4 is 10.2 Å². The first-order chi connectivity index (χ1) is 12.5. The van der Waals surface area contributed by atoms with Crippen LogP contribution in [0.15, 0.2) is 47.1 Å². The Morgan fingerprint density at radius 3 is 2.54 bits per heavy atom. The molecule has 2 aromatic rings. The molecule has 1 heterocycles. The summed E-state index contributed by atoms with van der Waals surface area (Å²) in [6.07, 6.45) is 1.29. The van der Waals surface area contributed by atoms with Crippen molar-refractivity contribution < 1.29 is 27.9 Å². The zero-order chi connectivity index (χ0) is 18.9. The number of esters is 1. The summed E-state index contributed by atoms with van der Waals surface area (Å²) in [5.41, 5.74) is 0.515. The van der Waals surface area contributed by atoms with Crippen LogP contribution in [0.4, 0.5) is 10.1 Å². The molecule has 1 aromatic heterocycles. The number of ether oxygens (including phenoxy) is 1. The quantitative estimate of drug-likeness (QED) is 0.727. The van der Waals surface area contributed by atoms with Crippen molar-refractivity contribution >= 4 is 23.5 Å². The van der Waals surface area contributed by atoms with Crippen LogP contribution in [-0.2, 0) is 14.3 Å². The van der Waals surface area contributed by atoms with Crippen LogP contribution >= 0.6 is 0 Å². The molecule has 0 aliphatic heterocycles. The van der Waals surface area contributed by atoms with Crippen molar-refractivity contribution in [1.29, 1.82) is 0 Å². The number of rotatable bonds is 8. The van der Waals surface area contributed by atoms with E-state index in [4.69, 9.17) is 9.15 Å². The van der Waals surface area contributed by atoms with Gasteiger partial charge in [0.25, 0.3) is 11.8 Å². The monoisotopic (exact) mass is 362 g/mol. The molecule has 0 atom stereocenters. The van der Waals surface area contributed by atoms with Gasteiger partial charge in [0, 0.05) is 18.8 Å². The molecule has 1 N–H and O–H groups in total. The lowest BCUT2D eigenvalue weighted by molar-refractivity contribution is -0.147. The van der Waals surface area contributed by atoms with E-state index in [2.05, 4.69) is 5.32 Å². The maximum absolute atomic E-state index is 13.0. The van der Waals surface area contributed by atoms with Crippen LogP contribution in [0.3, 0.4) is 0 Å². The molecule has 1 aromatic carbocycles. The number of hydrogen-bond donors (Lipinski definition) is 1. The Balaban J connectivity index is 1.74. The van der Waals surface area contributed by atoms with Crippen LogP contribution in [-0.4, -0.2) is 37.5 Å². The Labute approximate surface area is 149 Å². The molecule has 0 unspecified atom stereocenters. The Morgan fingerprint density at radius 1 is 1.19 bits per heavy atom. The molecule has 0 saturated heterocycles. The molecule has 0 spiro atoms. The van der Waals surface area contributed by atoms with Crippen LogP contribution in [0.2, 0.25) is 0 Å². The van der Waals surface area contributed by atoms with Crippen molar-refractivity contribution in [2.24, 2.45) is 0 Å². The van der Waals surface area contributed by atoms with Crippen LogP contribution in [0.1, 0.15) is 23.9 Å². The summed E-state index contributed by atoms with van der Waals surface area (Å²) in [5.74, 6) is -1.74. The van der Waals surface area contributed by atoms with Crippen molar-refractivity contribution in [2.45, 2.75) is 13.3 Å². The maximum atomic E-state index is 13.0. The molecule has 0 aliphatic carbocycles. The van der Waals surface area contributed by atoms with Gasteiger partial charge in [-0.15, -0.1) is 0 Å². The number of likely N-dealkylation sites (N-methyl/N-ethyl adjacent to an activating group) is 1. The first-order valence-corrected chi connectivity index (χ1v) is 8.04. The maximum Gasteiger partial charge on any atom is 0.308 e. The molecule has 0 fully saturated rings. The molecule has 7 nitrogen and oxygen atoms in total. The zero-order valence-electron chi connectivity index (χ0n) is 14.2. The molecule has 0 saturated carbocycles. The van der Waals surface area contributed by atoms with Crippen molar-refractivity contribution in [3.8, 4) is 0 Å². The SMILES string of the molecule is CCN(C(=O)COC(=O)CCNC(=O)c1ccco1)c1ccc(F)cc1. The molecule has 138 valence electrons. The topological polar surface area (TPSA) is 88.9 Å².